The molecule has 5 heteroatoms. The van der Waals surface area contributed by atoms with E-state index in [0.717, 1.165) is 22.9 Å². The van der Waals surface area contributed by atoms with Crippen molar-refractivity contribution in [2.45, 2.75) is 20.4 Å². The zero-order chi connectivity index (χ0) is 17.3. The van der Waals surface area contributed by atoms with Crippen LogP contribution in [-0.2, 0) is 11.3 Å². The van der Waals surface area contributed by atoms with E-state index in [-0.39, 0.29) is 24.6 Å². The van der Waals surface area contributed by atoms with Crippen LogP contribution in [0, 0.1) is 25.5 Å². The Labute approximate surface area is 140 Å². The number of piperazine rings is 1. The van der Waals surface area contributed by atoms with Crippen LogP contribution in [0.5, 0.6) is 0 Å². The largest absolute Gasteiger partial charge is 0.310 e. The molecule has 1 heterocycles. The summed E-state index contributed by atoms with van der Waals surface area (Å²) in [7, 11) is 0. The monoisotopic (exact) mass is 330 g/mol. The third-order valence-electron chi connectivity index (χ3n) is 4.24. The Hall–Kier alpha value is -2.27. The number of carbonyl (C=O) groups excluding carboxylic acids is 1. The number of carbonyl (C=O) groups is 1. The Kier molecular flexibility index (Phi) is 4.62. The van der Waals surface area contributed by atoms with Crippen LogP contribution < -0.4 is 4.90 Å². The highest BCUT2D eigenvalue weighted by Crippen LogP contribution is 2.22. The van der Waals surface area contributed by atoms with Gasteiger partial charge in [0, 0.05) is 30.9 Å². The van der Waals surface area contributed by atoms with Gasteiger partial charge >= 0.3 is 0 Å². The van der Waals surface area contributed by atoms with Crippen LogP contribution in [0.1, 0.15) is 16.7 Å². The van der Waals surface area contributed by atoms with Gasteiger partial charge in [-0.1, -0.05) is 18.2 Å². The average molecular weight is 330 g/mol. The maximum Gasteiger partial charge on any atom is 0.241 e. The molecule has 1 amide bonds. The molecule has 0 spiro atoms. The second-order valence-corrected chi connectivity index (χ2v) is 6.31. The minimum atomic E-state index is -0.854. The van der Waals surface area contributed by atoms with Gasteiger partial charge in [0.15, 0.2) is 11.6 Å². The first kappa shape index (κ1) is 16.6. The minimum Gasteiger partial charge on any atom is -0.310 e. The number of nitrogens with zero attached hydrogens (tertiary/aromatic N) is 2. The zero-order valence-corrected chi connectivity index (χ0v) is 13.9. The van der Waals surface area contributed by atoms with Crippen molar-refractivity contribution in [1.29, 1.82) is 0 Å². The first-order valence-electron chi connectivity index (χ1n) is 7.98. The molecule has 126 valence electrons. The van der Waals surface area contributed by atoms with E-state index in [1.807, 2.05) is 30.9 Å². The second-order valence-electron chi connectivity index (χ2n) is 6.31. The molecule has 2 aromatic carbocycles. The molecule has 1 saturated heterocycles. The van der Waals surface area contributed by atoms with Gasteiger partial charge in [-0.3, -0.25) is 9.69 Å². The van der Waals surface area contributed by atoms with Crippen molar-refractivity contribution in [3.8, 4) is 0 Å². The Balaban J connectivity index is 1.71. The Bertz CT molecular complexity index is 756. The van der Waals surface area contributed by atoms with Gasteiger partial charge in [0.2, 0.25) is 5.91 Å². The Morgan fingerprint density at radius 2 is 1.75 bits per heavy atom. The molecule has 0 unspecified atom stereocenters. The van der Waals surface area contributed by atoms with E-state index in [1.54, 1.807) is 11.0 Å². The van der Waals surface area contributed by atoms with Gasteiger partial charge in [0.1, 0.15) is 0 Å². The number of halogens is 2. The molecule has 1 aliphatic heterocycles. The molecule has 0 N–H and O–H groups in total. The second kappa shape index (κ2) is 6.69. The fourth-order valence-electron chi connectivity index (χ4n) is 3.15. The minimum absolute atomic E-state index is 0.0249. The Morgan fingerprint density at radius 3 is 2.42 bits per heavy atom. The van der Waals surface area contributed by atoms with Crippen molar-refractivity contribution in [1.82, 2.24) is 4.90 Å². The number of hydrogen-bond acceptors (Lipinski definition) is 2. The SMILES string of the molecule is Cc1cc(C)cc(N2CCN(Cc3cccc(F)c3F)CC2=O)c1. The number of hydrogen-bond donors (Lipinski definition) is 0. The lowest BCUT2D eigenvalue weighted by Crippen LogP contribution is -2.50. The zero-order valence-electron chi connectivity index (χ0n) is 13.9. The van der Waals surface area contributed by atoms with Crippen LogP contribution >= 0.6 is 0 Å². The fourth-order valence-corrected chi connectivity index (χ4v) is 3.15. The Morgan fingerprint density at radius 1 is 1.04 bits per heavy atom. The first-order chi connectivity index (χ1) is 11.4. The van der Waals surface area contributed by atoms with Crippen molar-refractivity contribution >= 4 is 11.6 Å². The van der Waals surface area contributed by atoms with Crippen LogP contribution in [-0.4, -0.2) is 30.4 Å². The predicted octanol–water partition coefficient (Wildman–Crippen LogP) is 3.43. The third kappa shape index (κ3) is 3.46. The lowest BCUT2D eigenvalue weighted by molar-refractivity contribution is -0.121. The van der Waals surface area contributed by atoms with Crippen LogP contribution in [0.15, 0.2) is 36.4 Å². The summed E-state index contributed by atoms with van der Waals surface area (Å²) >= 11 is 0. The van der Waals surface area contributed by atoms with Crippen molar-refractivity contribution < 1.29 is 13.6 Å². The molecule has 3 rings (SSSR count). The van der Waals surface area contributed by atoms with Gasteiger partial charge < -0.3 is 4.90 Å². The van der Waals surface area contributed by atoms with Crippen LogP contribution in [0.3, 0.4) is 0 Å². The van der Waals surface area contributed by atoms with Crippen LogP contribution in [0.2, 0.25) is 0 Å². The van der Waals surface area contributed by atoms with E-state index < -0.39 is 11.6 Å². The molecule has 0 atom stereocenters. The maximum atomic E-state index is 13.8. The van der Waals surface area contributed by atoms with Gasteiger partial charge in [0.05, 0.1) is 6.54 Å². The third-order valence-corrected chi connectivity index (χ3v) is 4.24. The normalized spacial score (nSPS) is 15.8. The molecule has 24 heavy (non-hydrogen) atoms. The summed E-state index contributed by atoms with van der Waals surface area (Å²) in [5.41, 5.74) is 3.40. The molecule has 0 saturated carbocycles. The predicted molar refractivity (Wildman–Crippen MR) is 89.9 cm³/mol. The average Bonchev–Trinajstić information content (AvgIpc) is 2.51. The maximum absolute atomic E-state index is 13.8. The van der Waals surface area contributed by atoms with Crippen LogP contribution in [0.4, 0.5) is 14.5 Å². The number of aryl methyl sites for hydroxylation is 2. The summed E-state index contributed by atoms with van der Waals surface area (Å²) in [6.45, 7) is 5.60. The molecule has 3 nitrogen and oxygen atoms in total. The fraction of sp³-hybridized carbons (Fsp3) is 0.316. The molecular weight excluding hydrogens is 310 g/mol. The molecule has 0 aromatic heterocycles. The molecule has 0 bridgehead atoms. The molecular formula is C19H20F2N2O. The van der Waals surface area contributed by atoms with Gasteiger partial charge in [-0.15, -0.1) is 0 Å². The quantitative estimate of drug-likeness (QED) is 0.861. The van der Waals surface area contributed by atoms with E-state index in [1.165, 1.54) is 6.07 Å². The summed E-state index contributed by atoms with van der Waals surface area (Å²) in [6.07, 6.45) is 0. The highest BCUT2D eigenvalue weighted by molar-refractivity contribution is 5.95. The molecule has 2 aromatic rings. The summed E-state index contributed by atoms with van der Waals surface area (Å²) in [6, 6.07) is 10.2. The van der Waals surface area contributed by atoms with Crippen molar-refractivity contribution in [3.05, 3.63) is 64.7 Å². The van der Waals surface area contributed by atoms with E-state index >= 15 is 0 Å². The molecule has 0 aliphatic carbocycles. The lowest BCUT2D eigenvalue weighted by Gasteiger charge is -2.34. The molecule has 1 aliphatic rings. The molecule has 1 fully saturated rings. The van der Waals surface area contributed by atoms with Gasteiger partial charge in [0.25, 0.3) is 0 Å². The van der Waals surface area contributed by atoms with Gasteiger partial charge in [-0.25, -0.2) is 8.78 Å². The number of benzene rings is 2. The van der Waals surface area contributed by atoms with Crippen LogP contribution in [0.25, 0.3) is 0 Å². The number of anilines is 1. The van der Waals surface area contributed by atoms with Crippen molar-refractivity contribution in [2.24, 2.45) is 0 Å². The van der Waals surface area contributed by atoms with Crippen molar-refractivity contribution in [2.75, 3.05) is 24.5 Å². The highest BCUT2D eigenvalue weighted by atomic mass is 19.2. The number of amides is 1. The number of rotatable bonds is 3. The highest BCUT2D eigenvalue weighted by Gasteiger charge is 2.26. The smallest absolute Gasteiger partial charge is 0.241 e. The summed E-state index contributed by atoms with van der Waals surface area (Å²) in [5.74, 6) is -1.71. The standard InChI is InChI=1S/C19H20F2N2O/c1-13-8-14(2)10-16(9-13)23-7-6-22(12-18(23)24)11-15-4-3-5-17(20)19(15)21/h3-5,8-10H,6-7,11-12H2,1-2H3. The van der Waals surface area contributed by atoms with Gasteiger partial charge in [-0.05, 0) is 43.2 Å². The van der Waals surface area contributed by atoms with Crippen molar-refractivity contribution in [3.63, 3.8) is 0 Å². The van der Waals surface area contributed by atoms with E-state index in [4.69, 9.17) is 0 Å². The summed E-state index contributed by atoms with van der Waals surface area (Å²) < 4.78 is 27.1. The summed E-state index contributed by atoms with van der Waals surface area (Å²) in [4.78, 5) is 16.1. The first-order valence-corrected chi connectivity index (χ1v) is 7.98. The summed E-state index contributed by atoms with van der Waals surface area (Å²) in [5, 5.41) is 0. The molecule has 0 radical (unpaired) electrons. The topological polar surface area (TPSA) is 23.6 Å². The van der Waals surface area contributed by atoms with E-state index in [9.17, 15) is 13.6 Å². The van der Waals surface area contributed by atoms with Gasteiger partial charge in [-0.2, -0.15) is 0 Å². The van der Waals surface area contributed by atoms with E-state index in [0.29, 0.717) is 13.1 Å². The lowest BCUT2D eigenvalue weighted by atomic mass is 10.1. The van der Waals surface area contributed by atoms with E-state index in [2.05, 4.69) is 6.07 Å².